The minimum Gasteiger partial charge on any atom is -0.465 e. The van der Waals surface area contributed by atoms with Gasteiger partial charge in [-0.3, -0.25) is 15.4 Å². The van der Waals surface area contributed by atoms with Gasteiger partial charge in [0.1, 0.15) is 5.69 Å². The van der Waals surface area contributed by atoms with Crippen LogP contribution in [0, 0.1) is 10.1 Å². The Kier molecular flexibility index (Phi) is 4.55. The maximum absolute atomic E-state index is 10.9. The molecular formula is C11H14ClN3O4. The molecule has 19 heavy (non-hydrogen) atoms. The SMILES string of the molecule is CC(C)N(C)c1cc(NC(=O)O)c([N+](=O)[O-])cc1Cl. The molecule has 0 heterocycles. The van der Waals surface area contributed by atoms with Crippen LogP contribution in [-0.4, -0.2) is 29.2 Å². The first-order chi connectivity index (χ1) is 8.73. The van der Waals surface area contributed by atoms with Crippen molar-refractivity contribution in [3.8, 4) is 0 Å². The number of halogens is 1. The Morgan fingerprint density at radius 3 is 2.53 bits per heavy atom. The zero-order valence-electron chi connectivity index (χ0n) is 10.7. The maximum Gasteiger partial charge on any atom is 0.409 e. The molecule has 0 spiro atoms. The fraction of sp³-hybridized carbons (Fsp3) is 0.364. The zero-order valence-corrected chi connectivity index (χ0v) is 11.4. The average Bonchev–Trinajstić information content (AvgIpc) is 2.28. The summed E-state index contributed by atoms with van der Waals surface area (Å²) in [5.41, 5.74) is 0.0312. The van der Waals surface area contributed by atoms with Crippen molar-refractivity contribution in [3.63, 3.8) is 0 Å². The summed E-state index contributed by atoms with van der Waals surface area (Å²) in [4.78, 5) is 22.6. The number of benzene rings is 1. The molecule has 0 atom stereocenters. The smallest absolute Gasteiger partial charge is 0.409 e. The monoisotopic (exact) mass is 287 g/mol. The first-order valence-corrected chi connectivity index (χ1v) is 5.82. The molecule has 1 aromatic rings. The topological polar surface area (TPSA) is 95.7 Å². The molecule has 0 aromatic heterocycles. The van der Waals surface area contributed by atoms with E-state index >= 15 is 0 Å². The van der Waals surface area contributed by atoms with E-state index in [9.17, 15) is 14.9 Å². The normalized spacial score (nSPS) is 10.4. The number of carbonyl (C=O) groups is 1. The number of carboxylic acid groups (broad SMARTS) is 1. The van der Waals surface area contributed by atoms with Crippen molar-refractivity contribution in [1.82, 2.24) is 0 Å². The lowest BCUT2D eigenvalue weighted by Crippen LogP contribution is -2.26. The molecule has 1 aromatic carbocycles. The van der Waals surface area contributed by atoms with Crippen LogP contribution in [0.4, 0.5) is 21.9 Å². The van der Waals surface area contributed by atoms with Gasteiger partial charge in [-0.15, -0.1) is 0 Å². The van der Waals surface area contributed by atoms with Crippen molar-refractivity contribution in [2.24, 2.45) is 0 Å². The van der Waals surface area contributed by atoms with Crippen LogP contribution in [0.3, 0.4) is 0 Å². The fourth-order valence-electron chi connectivity index (χ4n) is 1.47. The molecule has 8 heteroatoms. The third-order valence-corrected chi connectivity index (χ3v) is 2.96. The van der Waals surface area contributed by atoms with Gasteiger partial charge >= 0.3 is 6.09 Å². The second-order valence-electron chi connectivity index (χ2n) is 4.21. The van der Waals surface area contributed by atoms with E-state index in [0.717, 1.165) is 6.07 Å². The van der Waals surface area contributed by atoms with E-state index in [0.29, 0.717) is 5.69 Å². The van der Waals surface area contributed by atoms with Gasteiger partial charge in [0.05, 0.1) is 15.6 Å². The molecule has 0 radical (unpaired) electrons. The Balaban J connectivity index is 3.37. The molecule has 0 unspecified atom stereocenters. The number of nitro benzene ring substituents is 1. The third-order valence-electron chi connectivity index (χ3n) is 2.66. The molecule has 0 aliphatic carbocycles. The van der Waals surface area contributed by atoms with Gasteiger partial charge in [-0.1, -0.05) is 11.6 Å². The van der Waals surface area contributed by atoms with Gasteiger partial charge in [-0.2, -0.15) is 0 Å². The van der Waals surface area contributed by atoms with Crippen molar-refractivity contribution in [1.29, 1.82) is 0 Å². The molecule has 0 aliphatic heterocycles. The van der Waals surface area contributed by atoms with Crippen molar-refractivity contribution in [2.75, 3.05) is 17.3 Å². The molecular weight excluding hydrogens is 274 g/mol. The van der Waals surface area contributed by atoms with E-state index in [1.54, 1.807) is 11.9 Å². The minimum absolute atomic E-state index is 0.107. The largest absolute Gasteiger partial charge is 0.465 e. The van der Waals surface area contributed by atoms with Crippen LogP contribution >= 0.6 is 11.6 Å². The number of rotatable bonds is 4. The number of amides is 1. The lowest BCUT2D eigenvalue weighted by molar-refractivity contribution is -0.383. The number of hydrogen-bond acceptors (Lipinski definition) is 4. The maximum atomic E-state index is 10.9. The summed E-state index contributed by atoms with van der Waals surface area (Å²) in [6, 6.07) is 2.60. The lowest BCUT2D eigenvalue weighted by atomic mass is 10.2. The summed E-state index contributed by atoms with van der Waals surface area (Å²) in [7, 11) is 1.77. The van der Waals surface area contributed by atoms with Crippen LogP contribution in [0.2, 0.25) is 5.02 Å². The van der Waals surface area contributed by atoms with Crippen molar-refractivity contribution in [3.05, 3.63) is 27.3 Å². The van der Waals surface area contributed by atoms with Gasteiger partial charge in [0.25, 0.3) is 5.69 Å². The van der Waals surface area contributed by atoms with E-state index in [1.807, 2.05) is 19.2 Å². The highest BCUT2D eigenvalue weighted by molar-refractivity contribution is 6.33. The highest BCUT2D eigenvalue weighted by Gasteiger charge is 2.21. The van der Waals surface area contributed by atoms with Crippen molar-refractivity contribution < 1.29 is 14.8 Å². The minimum atomic E-state index is -1.37. The lowest BCUT2D eigenvalue weighted by Gasteiger charge is -2.25. The molecule has 0 bridgehead atoms. The van der Waals surface area contributed by atoms with Gasteiger partial charge in [0, 0.05) is 19.2 Å². The molecule has 0 saturated carbocycles. The average molecular weight is 288 g/mol. The first-order valence-electron chi connectivity index (χ1n) is 5.44. The summed E-state index contributed by atoms with van der Waals surface area (Å²) < 4.78 is 0. The van der Waals surface area contributed by atoms with E-state index in [4.69, 9.17) is 16.7 Å². The van der Waals surface area contributed by atoms with Crippen molar-refractivity contribution in [2.45, 2.75) is 19.9 Å². The standard InChI is InChI=1S/C11H14ClN3O4/c1-6(2)14(3)9-5-8(13-11(16)17)10(15(18)19)4-7(9)12/h4-6,13H,1-3H3,(H,16,17). The Labute approximate surface area is 114 Å². The number of nitro groups is 1. The summed E-state index contributed by atoms with van der Waals surface area (Å²) in [6.45, 7) is 3.84. The molecule has 104 valence electrons. The van der Waals surface area contributed by atoms with Gasteiger partial charge in [-0.25, -0.2) is 4.79 Å². The predicted molar refractivity (Wildman–Crippen MR) is 73.3 cm³/mol. The highest BCUT2D eigenvalue weighted by atomic mass is 35.5. The summed E-state index contributed by atoms with van der Waals surface area (Å²) in [5.74, 6) is 0. The summed E-state index contributed by atoms with van der Waals surface area (Å²) >= 11 is 6.00. The highest BCUT2D eigenvalue weighted by Crippen LogP contribution is 2.36. The summed E-state index contributed by atoms with van der Waals surface area (Å²) in [6.07, 6.45) is -1.37. The second-order valence-corrected chi connectivity index (χ2v) is 4.62. The third kappa shape index (κ3) is 3.47. The number of nitrogens with one attached hydrogen (secondary N) is 1. The van der Waals surface area contributed by atoms with Crippen LogP contribution in [-0.2, 0) is 0 Å². The quantitative estimate of drug-likeness (QED) is 0.655. The van der Waals surface area contributed by atoms with E-state index in [2.05, 4.69) is 0 Å². The summed E-state index contributed by atoms with van der Waals surface area (Å²) in [5, 5.41) is 21.8. The van der Waals surface area contributed by atoms with Gasteiger partial charge in [0.15, 0.2) is 0 Å². The van der Waals surface area contributed by atoms with Crippen LogP contribution in [0.15, 0.2) is 12.1 Å². The van der Waals surface area contributed by atoms with E-state index in [1.165, 1.54) is 6.07 Å². The number of anilines is 2. The van der Waals surface area contributed by atoms with Gasteiger partial charge in [0.2, 0.25) is 0 Å². The number of nitrogens with zero attached hydrogens (tertiary/aromatic N) is 2. The molecule has 0 saturated heterocycles. The Morgan fingerprint density at radius 1 is 1.53 bits per heavy atom. The van der Waals surface area contributed by atoms with Crippen LogP contribution in [0.1, 0.15) is 13.8 Å². The molecule has 1 amide bonds. The van der Waals surface area contributed by atoms with Crippen molar-refractivity contribution >= 4 is 34.8 Å². The van der Waals surface area contributed by atoms with E-state index < -0.39 is 11.0 Å². The molecule has 0 aliphatic rings. The van der Waals surface area contributed by atoms with Crippen LogP contribution in [0.25, 0.3) is 0 Å². The molecule has 2 N–H and O–H groups in total. The van der Waals surface area contributed by atoms with E-state index in [-0.39, 0.29) is 22.4 Å². The molecule has 0 fully saturated rings. The Bertz CT molecular complexity index is 519. The van der Waals surface area contributed by atoms with Gasteiger partial charge in [-0.05, 0) is 19.9 Å². The molecule has 1 rings (SSSR count). The van der Waals surface area contributed by atoms with Gasteiger partial charge < -0.3 is 10.0 Å². The Hall–Kier alpha value is -2.02. The van der Waals surface area contributed by atoms with Crippen LogP contribution < -0.4 is 10.2 Å². The molecule has 7 nitrogen and oxygen atoms in total. The first kappa shape index (κ1) is 15.0. The Morgan fingerprint density at radius 2 is 2.11 bits per heavy atom. The zero-order chi connectivity index (χ0) is 14.7. The number of hydrogen-bond donors (Lipinski definition) is 2. The fourth-order valence-corrected chi connectivity index (χ4v) is 1.76. The second kappa shape index (κ2) is 5.75. The van der Waals surface area contributed by atoms with Crippen LogP contribution in [0.5, 0.6) is 0 Å². The predicted octanol–water partition coefficient (Wildman–Crippen LogP) is 3.18.